The van der Waals surface area contributed by atoms with Crippen molar-refractivity contribution in [3.05, 3.63) is 65.2 Å². The number of nitrogens with one attached hydrogen (secondary N) is 2. The smallest absolute Gasteiger partial charge is 0.224 e. The number of hydrogen-bond acceptors (Lipinski definition) is 2. The summed E-state index contributed by atoms with van der Waals surface area (Å²) in [7, 11) is 0. The van der Waals surface area contributed by atoms with E-state index in [0.717, 1.165) is 29.7 Å². The van der Waals surface area contributed by atoms with E-state index in [0.29, 0.717) is 12.3 Å². The number of rotatable bonds is 7. The van der Waals surface area contributed by atoms with Gasteiger partial charge in [-0.1, -0.05) is 63.2 Å². The van der Waals surface area contributed by atoms with Gasteiger partial charge in [0.2, 0.25) is 11.8 Å². The molecule has 1 aliphatic carbocycles. The number of para-hydroxylation sites is 1. The summed E-state index contributed by atoms with van der Waals surface area (Å²) < 4.78 is 0. The summed E-state index contributed by atoms with van der Waals surface area (Å²) in [6.07, 6.45) is 2.33. The Kier molecular flexibility index (Phi) is 5.94. The fraction of sp³-hybridized carbons (Fsp3) is 0.391. The highest BCUT2D eigenvalue weighted by molar-refractivity contribution is 5.91. The van der Waals surface area contributed by atoms with E-state index in [1.807, 2.05) is 31.2 Å². The molecule has 0 saturated heterocycles. The van der Waals surface area contributed by atoms with Crippen molar-refractivity contribution in [2.75, 3.05) is 5.32 Å². The molecule has 0 heterocycles. The van der Waals surface area contributed by atoms with Gasteiger partial charge in [0.15, 0.2) is 0 Å². The Bertz CT molecular complexity index is 807. The van der Waals surface area contributed by atoms with Gasteiger partial charge in [-0.15, -0.1) is 0 Å². The minimum atomic E-state index is -0.285. The van der Waals surface area contributed by atoms with Crippen LogP contribution in [0.3, 0.4) is 0 Å². The number of carbonyl (C=O) groups excluding carboxylic acids is 2. The molecule has 1 saturated carbocycles. The quantitative estimate of drug-likeness (QED) is 0.743. The van der Waals surface area contributed by atoms with Gasteiger partial charge < -0.3 is 10.6 Å². The van der Waals surface area contributed by atoms with Crippen LogP contribution in [0.15, 0.2) is 48.5 Å². The maximum absolute atomic E-state index is 12.5. The van der Waals surface area contributed by atoms with Crippen LogP contribution in [-0.2, 0) is 9.59 Å². The first kappa shape index (κ1) is 19.2. The average Bonchev–Trinajstić information content (AvgIpc) is 3.52. The Labute approximate surface area is 161 Å². The van der Waals surface area contributed by atoms with Gasteiger partial charge >= 0.3 is 0 Å². The molecule has 0 aliphatic heterocycles. The van der Waals surface area contributed by atoms with E-state index in [1.165, 1.54) is 5.56 Å². The van der Waals surface area contributed by atoms with Gasteiger partial charge in [-0.3, -0.25) is 9.59 Å². The van der Waals surface area contributed by atoms with Crippen LogP contribution in [0.25, 0.3) is 0 Å². The van der Waals surface area contributed by atoms with Crippen LogP contribution in [-0.4, -0.2) is 11.8 Å². The number of carbonyl (C=O) groups is 2. The molecule has 2 aromatic carbocycles. The summed E-state index contributed by atoms with van der Waals surface area (Å²) in [6, 6.07) is 15.8. The Hall–Kier alpha value is -2.62. The molecule has 0 bridgehead atoms. The van der Waals surface area contributed by atoms with Gasteiger partial charge in [-0.05, 0) is 36.0 Å². The molecule has 1 fully saturated rings. The molecule has 0 spiro atoms. The van der Waals surface area contributed by atoms with Crippen LogP contribution in [0.5, 0.6) is 0 Å². The molecule has 1 atom stereocenters. The van der Waals surface area contributed by atoms with E-state index < -0.39 is 0 Å². The zero-order chi connectivity index (χ0) is 19.4. The monoisotopic (exact) mass is 364 g/mol. The summed E-state index contributed by atoms with van der Waals surface area (Å²) >= 11 is 0. The molecule has 2 N–H and O–H groups in total. The molecule has 27 heavy (non-hydrogen) atoms. The molecule has 2 aromatic rings. The van der Waals surface area contributed by atoms with Gasteiger partial charge in [-0.2, -0.15) is 0 Å². The molecule has 4 heteroatoms. The van der Waals surface area contributed by atoms with Crippen LogP contribution < -0.4 is 10.6 Å². The molecule has 2 amide bonds. The molecule has 0 unspecified atom stereocenters. The molecule has 4 nitrogen and oxygen atoms in total. The fourth-order valence-electron chi connectivity index (χ4n) is 3.12. The molecule has 0 aromatic heterocycles. The highest BCUT2D eigenvalue weighted by atomic mass is 16.2. The maximum atomic E-state index is 12.5. The second-order valence-electron chi connectivity index (χ2n) is 7.53. The molecule has 3 rings (SSSR count). The highest BCUT2D eigenvalue weighted by Gasteiger charge is 2.32. The average molecular weight is 364 g/mol. The Morgan fingerprint density at radius 1 is 1.00 bits per heavy atom. The third kappa shape index (κ3) is 4.76. The van der Waals surface area contributed by atoms with Gasteiger partial charge in [0.1, 0.15) is 0 Å². The number of benzene rings is 2. The van der Waals surface area contributed by atoms with E-state index >= 15 is 0 Å². The van der Waals surface area contributed by atoms with E-state index in [4.69, 9.17) is 0 Å². The van der Waals surface area contributed by atoms with Crippen LogP contribution in [0.1, 0.15) is 68.7 Å². The zero-order valence-electron chi connectivity index (χ0n) is 16.3. The van der Waals surface area contributed by atoms with Crippen LogP contribution in [0.4, 0.5) is 5.69 Å². The fourth-order valence-corrected chi connectivity index (χ4v) is 3.12. The van der Waals surface area contributed by atoms with Crippen molar-refractivity contribution in [1.82, 2.24) is 5.32 Å². The standard InChI is InChI=1S/C23H28N2O2/c1-4-21(26)24-20-8-6-5-7-19(20)22(25-23(27)18-13-14-18)17-11-9-16(10-12-17)15(2)3/h5-12,15,18,22H,4,13-14H2,1-3H3,(H,24,26)(H,25,27)/t22-/m1/s1. The van der Waals surface area contributed by atoms with Crippen molar-refractivity contribution in [1.29, 1.82) is 0 Å². The molecular weight excluding hydrogens is 336 g/mol. The van der Waals surface area contributed by atoms with Gasteiger partial charge in [0.05, 0.1) is 6.04 Å². The van der Waals surface area contributed by atoms with E-state index in [1.54, 1.807) is 0 Å². The van der Waals surface area contributed by atoms with Gasteiger partial charge in [0.25, 0.3) is 0 Å². The number of hydrogen-bond donors (Lipinski definition) is 2. The van der Waals surface area contributed by atoms with Crippen molar-refractivity contribution in [2.45, 2.75) is 52.0 Å². The second-order valence-corrected chi connectivity index (χ2v) is 7.53. The predicted molar refractivity (Wildman–Crippen MR) is 109 cm³/mol. The first-order chi connectivity index (χ1) is 13.0. The first-order valence-corrected chi connectivity index (χ1v) is 9.78. The summed E-state index contributed by atoms with van der Waals surface area (Å²) in [4.78, 5) is 24.5. The lowest BCUT2D eigenvalue weighted by atomic mass is 9.94. The van der Waals surface area contributed by atoms with Gasteiger partial charge in [-0.25, -0.2) is 0 Å². The number of amides is 2. The molecule has 0 radical (unpaired) electrons. The molecule has 142 valence electrons. The number of anilines is 1. The normalized spacial score (nSPS) is 14.7. The summed E-state index contributed by atoms with van der Waals surface area (Å²) in [6.45, 7) is 6.16. The van der Waals surface area contributed by atoms with Crippen molar-refractivity contribution in [3.8, 4) is 0 Å². The van der Waals surface area contributed by atoms with Crippen LogP contribution in [0.2, 0.25) is 0 Å². The maximum Gasteiger partial charge on any atom is 0.224 e. The minimum Gasteiger partial charge on any atom is -0.345 e. The zero-order valence-corrected chi connectivity index (χ0v) is 16.3. The van der Waals surface area contributed by atoms with Crippen molar-refractivity contribution < 1.29 is 9.59 Å². The third-order valence-corrected chi connectivity index (χ3v) is 5.04. The molecular formula is C23H28N2O2. The molecule has 1 aliphatic rings. The van der Waals surface area contributed by atoms with Crippen LogP contribution in [0, 0.1) is 5.92 Å². The lowest BCUT2D eigenvalue weighted by Crippen LogP contribution is -2.31. The Balaban J connectivity index is 1.97. The van der Waals surface area contributed by atoms with Crippen molar-refractivity contribution >= 4 is 17.5 Å². The Morgan fingerprint density at radius 2 is 1.63 bits per heavy atom. The van der Waals surface area contributed by atoms with E-state index in [-0.39, 0.29) is 23.8 Å². The van der Waals surface area contributed by atoms with E-state index in [2.05, 4.69) is 48.7 Å². The van der Waals surface area contributed by atoms with Gasteiger partial charge in [0, 0.05) is 23.6 Å². The summed E-state index contributed by atoms with van der Waals surface area (Å²) in [5, 5.41) is 6.17. The Morgan fingerprint density at radius 3 is 2.22 bits per heavy atom. The largest absolute Gasteiger partial charge is 0.345 e. The third-order valence-electron chi connectivity index (χ3n) is 5.04. The topological polar surface area (TPSA) is 58.2 Å². The van der Waals surface area contributed by atoms with Crippen molar-refractivity contribution in [2.24, 2.45) is 5.92 Å². The first-order valence-electron chi connectivity index (χ1n) is 9.78. The second kappa shape index (κ2) is 8.38. The van der Waals surface area contributed by atoms with Crippen molar-refractivity contribution in [3.63, 3.8) is 0 Å². The lowest BCUT2D eigenvalue weighted by Gasteiger charge is -2.23. The highest BCUT2D eigenvalue weighted by Crippen LogP contribution is 2.33. The predicted octanol–water partition coefficient (Wildman–Crippen LogP) is 4.77. The van der Waals surface area contributed by atoms with Crippen LogP contribution >= 0.6 is 0 Å². The van der Waals surface area contributed by atoms with E-state index in [9.17, 15) is 9.59 Å². The minimum absolute atomic E-state index is 0.0372. The SMILES string of the molecule is CCC(=O)Nc1ccccc1[C@H](NC(=O)C1CC1)c1ccc(C(C)C)cc1. The summed E-state index contributed by atoms with van der Waals surface area (Å²) in [5.74, 6) is 0.629. The summed E-state index contributed by atoms with van der Waals surface area (Å²) in [5.41, 5.74) is 3.94. The lowest BCUT2D eigenvalue weighted by molar-refractivity contribution is -0.122.